The fourth-order valence-corrected chi connectivity index (χ4v) is 13.5. The van der Waals surface area contributed by atoms with Gasteiger partial charge in [-0.1, -0.05) is 138 Å². The van der Waals surface area contributed by atoms with Crippen molar-refractivity contribution in [3.63, 3.8) is 0 Å². The first-order chi connectivity index (χ1) is 33.2. The number of para-hydroxylation sites is 2. The summed E-state index contributed by atoms with van der Waals surface area (Å²) in [7, 11) is 0. The number of anilines is 5. The van der Waals surface area contributed by atoms with E-state index in [1.54, 1.807) is 0 Å². The Morgan fingerprint density at radius 2 is 1.29 bits per heavy atom. The van der Waals surface area contributed by atoms with Crippen molar-refractivity contribution in [2.75, 3.05) is 9.71 Å². The normalized spacial score (nSPS) is 15.6. The van der Waals surface area contributed by atoms with Crippen LogP contribution >= 0.6 is 11.3 Å². The minimum absolute atomic E-state index is 0.00417. The molecule has 1 aliphatic carbocycles. The zero-order valence-electron chi connectivity index (χ0n) is 39.2. The molecule has 68 heavy (non-hydrogen) atoms. The van der Waals surface area contributed by atoms with Gasteiger partial charge in [-0.05, 0) is 124 Å². The standard InChI is InChI=1S/C62H51BN2O2S/c1-6-7-18-37-27-29-47(43(33-37)38-19-10-8-11-20-38)64-48-36-51-54(40-23-14-16-25-49(40)66-51)56-42-28-30-53-55(41-24-15-17-26-52(41)68-53)58(42)65(39-21-12-9-13-22-39)63(57(48)56)60-59(64)44-34-45-46(35-50(44)67-60)62(4,5)32-31-61(45,2)3/h8-17,19-30,33-36H,6-7,18,31-32H2,1-5H3. The molecule has 3 aliphatic rings. The number of furan rings is 2. The van der Waals surface area contributed by atoms with E-state index in [-0.39, 0.29) is 17.7 Å². The highest BCUT2D eigenvalue weighted by Crippen LogP contribution is 2.57. The van der Waals surface area contributed by atoms with Gasteiger partial charge in [0.1, 0.15) is 22.4 Å². The molecule has 0 N–H and O–H groups in total. The van der Waals surface area contributed by atoms with Crippen LogP contribution in [-0.2, 0) is 17.3 Å². The molecule has 11 aromatic rings. The van der Waals surface area contributed by atoms with Crippen LogP contribution in [-0.4, -0.2) is 6.85 Å². The van der Waals surface area contributed by atoms with Crippen LogP contribution in [0.25, 0.3) is 75.3 Å². The Morgan fingerprint density at radius 1 is 0.574 bits per heavy atom. The van der Waals surface area contributed by atoms with E-state index in [2.05, 4.69) is 202 Å². The van der Waals surface area contributed by atoms with Gasteiger partial charge in [-0.2, -0.15) is 0 Å². The highest BCUT2D eigenvalue weighted by atomic mass is 32.1. The Morgan fingerprint density at radius 3 is 2.09 bits per heavy atom. The Labute approximate surface area is 401 Å². The van der Waals surface area contributed by atoms with Crippen LogP contribution in [0, 0.1) is 0 Å². The molecule has 0 spiro atoms. The molecular weight excluding hydrogens is 848 g/mol. The first-order valence-electron chi connectivity index (χ1n) is 24.6. The zero-order chi connectivity index (χ0) is 45.6. The minimum Gasteiger partial charge on any atom is -0.466 e. The van der Waals surface area contributed by atoms with Crippen LogP contribution in [0.5, 0.6) is 0 Å². The first kappa shape index (κ1) is 40.1. The van der Waals surface area contributed by atoms with Gasteiger partial charge in [-0.3, -0.25) is 0 Å². The van der Waals surface area contributed by atoms with Crippen molar-refractivity contribution in [2.24, 2.45) is 0 Å². The summed E-state index contributed by atoms with van der Waals surface area (Å²) in [5.41, 5.74) is 19.6. The number of aryl methyl sites for hydroxylation is 1. The number of unbranched alkanes of at least 4 members (excludes halogenated alkanes) is 1. The lowest BCUT2D eigenvalue weighted by molar-refractivity contribution is 0.332. The van der Waals surface area contributed by atoms with E-state index in [9.17, 15) is 0 Å². The van der Waals surface area contributed by atoms with Crippen molar-refractivity contribution in [3.05, 3.63) is 174 Å². The van der Waals surface area contributed by atoms with Crippen molar-refractivity contribution in [1.29, 1.82) is 0 Å². The van der Waals surface area contributed by atoms with Gasteiger partial charge in [0, 0.05) is 70.6 Å². The predicted octanol–water partition coefficient (Wildman–Crippen LogP) is 16.8. The fourth-order valence-electron chi connectivity index (χ4n) is 12.4. The number of nitrogens with zero attached hydrogens (tertiary/aromatic N) is 2. The van der Waals surface area contributed by atoms with Gasteiger partial charge in [0.25, 0.3) is 0 Å². The quantitative estimate of drug-likeness (QED) is 0.156. The van der Waals surface area contributed by atoms with Crippen molar-refractivity contribution in [3.8, 4) is 22.3 Å². The topological polar surface area (TPSA) is 32.8 Å². The number of thiophene rings is 1. The first-order valence-corrected chi connectivity index (χ1v) is 25.4. The van der Waals surface area contributed by atoms with Crippen molar-refractivity contribution in [2.45, 2.75) is 77.6 Å². The molecule has 0 saturated heterocycles. The second-order valence-electron chi connectivity index (χ2n) is 20.8. The van der Waals surface area contributed by atoms with Crippen molar-refractivity contribution < 1.29 is 8.83 Å². The fraction of sp³-hybridized carbons (Fsp3) is 0.194. The molecule has 0 bridgehead atoms. The molecule has 8 aromatic carbocycles. The number of benzene rings is 8. The molecule has 5 heterocycles. The van der Waals surface area contributed by atoms with E-state index >= 15 is 0 Å². The molecule has 0 amide bonds. The summed E-state index contributed by atoms with van der Waals surface area (Å²) in [6, 6.07) is 58.9. The Balaban J connectivity index is 1.20. The maximum absolute atomic E-state index is 7.77. The van der Waals surface area contributed by atoms with E-state index in [0.29, 0.717) is 0 Å². The molecule has 6 heteroatoms. The summed E-state index contributed by atoms with van der Waals surface area (Å²) < 4.78 is 17.4. The third-order valence-electron chi connectivity index (χ3n) is 15.9. The molecule has 14 rings (SSSR count). The van der Waals surface area contributed by atoms with Gasteiger partial charge < -0.3 is 18.5 Å². The summed E-state index contributed by atoms with van der Waals surface area (Å²) in [5.74, 6) is 0. The largest absolute Gasteiger partial charge is 0.466 e. The molecule has 3 aromatic heterocycles. The summed E-state index contributed by atoms with van der Waals surface area (Å²) in [6.07, 6.45) is 5.58. The van der Waals surface area contributed by atoms with Crippen LogP contribution < -0.4 is 20.8 Å². The lowest BCUT2D eigenvalue weighted by atomic mass is 9.45. The summed E-state index contributed by atoms with van der Waals surface area (Å²) in [6.45, 7) is 11.7. The van der Waals surface area contributed by atoms with Gasteiger partial charge in [-0.25, -0.2) is 0 Å². The van der Waals surface area contributed by atoms with Gasteiger partial charge in [0.2, 0.25) is 0 Å². The van der Waals surface area contributed by atoms with Crippen LogP contribution in [0.4, 0.5) is 28.4 Å². The monoisotopic (exact) mass is 898 g/mol. The van der Waals surface area contributed by atoms with Crippen LogP contribution in [0.2, 0.25) is 0 Å². The van der Waals surface area contributed by atoms with E-state index in [0.717, 1.165) is 93.4 Å². The zero-order valence-corrected chi connectivity index (χ0v) is 40.1. The molecule has 0 atom stereocenters. The van der Waals surface area contributed by atoms with E-state index in [1.165, 1.54) is 70.3 Å². The van der Waals surface area contributed by atoms with Gasteiger partial charge in [0.05, 0.1) is 11.4 Å². The SMILES string of the molecule is CCCCc1ccc(N2c3cc4oc5ccccc5c4c4c3B(c3oc5cc6c(cc5c32)C(C)(C)CCC6(C)C)N(c2ccccc2)c2c-4ccc3sc4ccccc4c23)c(-c2ccccc2)c1. The smallest absolute Gasteiger partial charge is 0.375 e. The second-order valence-corrected chi connectivity index (χ2v) is 21.9. The molecule has 0 saturated carbocycles. The molecule has 2 aliphatic heterocycles. The molecule has 330 valence electrons. The van der Waals surface area contributed by atoms with E-state index < -0.39 is 0 Å². The molecule has 4 nitrogen and oxygen atoms in total. The lowest BCUT2D eigenvalue weighted by Crippen LogP contribution is -2.61. The third kappa shape index (κ3) is 5.61. The molecular formula is C62H51BN2O2S. The van der Waals surface area contributed by atoms with E-state index in [4.69, 9.17) is 8.83 Å². The average molecular weight is 899 g/mol. The Hall–Kier alpha value is -7.02. The third-order valence-corrected chi connectivity index (χ3v) is 17.0. The maximum Gasteiger partial charge on any atom is 0.375 e. The number of hydrogen-bond acceptors (Lipinski definition) is 5. The highest BCUT2D eigenvalue weighted by molar-refractivity contribution is 7.26. The van der Waals surface area contributed by atoms with Gasteiger partial charge in [0.15, 0.2) is 0 Å². The molecule has 0 fully saturated rings. The highest BCUT2D eigenvalue weighted by Gasteiger charge is 2.51. The van der Waals surface area contributed by atoms with Gasteiger partial charge >= 0.3 is 6.85 Å². The number of hydrogen-bond donors (Lipinski definition) is 0. The number of rotatable bonds is 6. The van der Waals surface area contributed by atoms with Crippen LogP contribution in [0.15, 0.2) is 167 Å². The minimum atomic E-state index is -0.321. The molecule has 0 unspecified atom stereocenters. The summed E-state index contributed by atoms with van der Waals surface area (Å²) in [4.78, 5) is 5.21. The summed E-state index contributed by atoms with van der Waals surface area (Å²) in [5, 5.41) is 5.96. The van der Waals surface area contributed by atoms with Gasteiger partial charge in [-0.15, -0.1) is 11.3 Å². The molecule has 0 radical (unpaired) electrons. The second kappa shape index (κ2) is 14.5. The van der Waals surface area contributed by atoms with Crippen LogP contribution in [0.3, 0.4) is 0 Å². The van der Waals surface area contributed by atoms with Crippen molar-refractivity contribution >= 4 is 111 Å². The average Bonchev–Trinajstić information content (AvgIpc) is 4.06. The predicted molar refractivity (Wildman–Crippen MR) is 289 cm³/mol. The van der Waals surface area contributed by atoms with Crippen LogP contribution in [0.1, 0.15) is 77.0 Å². The maximum atomic E-state index is 7.77. The number of fused-ring (bicyclic) bond motifs is 15. The Kier molecular flexibility index (Phi) is 8.55. The lowest BCUT2D eigenvalue weighted by Gasteiger charge is -2.44. The Bertz CT molecular complexity index is 3880. The van der Waals surface area contributed by atoms with E-state index in [1.807, 2.05) is 11.3 Å². The summed E-state index contributed by atoms with van der Waals surface area (Å²) >= 11 is 1.88. The van der Waals surface area contributed by atoms with Crippen molar-refractivity contribution in [1.82, 2.24) is 0 Å².